The number of hydrogen-bond acceptors (Lipinski definition) is 8. The van der Waals surface area contributed by atoms with Gasteiger partial charge in [-0.2, -0.15) is 8.42 Å². The fraction of sp³-hybridized carbons (Fsp3) is 0.667. The highest BCUT2D eigenvalue weighted by Gasteiger charge is 2.47. The summed E-state index contributed by atoms with van der Waals surface area (Å²) in [6, 6.07) is 6.34. The van der Waals surface area contributed by atoms with Gasteiger partial charge in [0.2, 0.25) is 0 Å². The third-order valence-electron chi connectivity index (χ3n) is 5.31. The molecule has 0 bridgehead atoms. The van der Waals surface area contributed by atoms with E-state index in [4.69, 9.17) is 23.1 Å². The first kappa shape index (κ1) is 27.9. The minimum atomic E-state index is -4.02. The van der Waals surface area contributed by atoms with Gasteiger partial charge in [-0.15, -0.1) is 6.58 Å². The van der Waals surface area contributed by atoms with Crippen LogP contribution in [0.5, 0.6) is 0 Å². The Labute approximate surface area is 198 Å². The number of ether oxygens (including phenoxy) is 4. The van der Waals surface area contributed by atoms with E-state index < -0.39 is 40.8 Å². The van der Waals surface area contributed by atoms with E-state index >= 15 is 0 Å². The first-order valence-electron chi connectivity index (χ1n) is 11.6. The Morgan fingerprint density at radius 3 is 2.21 bits per heavy atom. The van der Waals surface area contributed by atoms with Gasteiger partial charge in [0.25, 0.3) is 10.1 Å². The van der Waals surface area contributed by atoms with Crippen LogP contribution in [0.15, 0.2) is 41.8 Å². The van der Waals surface area contributed by atoms with Gasteiger partial charge < -0.3 is 24.1 Å². The Morgan fingerprint density at radius 1 is 1.03 bits per heavy atom. The van der Waals surface area contributed by atoms with Crippen molar-refractivity contribution in [3.8, 4) is 0 Å². The molecule has 1 aliphatic rings. The van der Waals surface area contributed by atoms with E-state index in [0.717, 1.165) is 31.2 Å². The molecule has 188 valence electrons. The molecule has 0 aromatic heterocycles. The SMILES string of the molecule is C=CCOC1OC(COS(=O)(=O)c2ccc(C)cc2)C(O)C(OCCCC)C1OCCCC. The van der Waals surface area contributed by atoms with E-state index in [1.54, 1.807) is 18.2 Å². The highest BCUT2D eigenvalue weighted by atomic mass is 32.2. The molecule has 1 aromatic carbocycles. The van der Waals surface area contributed by atoms with Gasteiger partial charge >= 0.3 is 0 Å². The minimum Gasteiger partial charge on any atom is -0.387 e. The van der Waals surface area contributed by atoms with Gasteiger partial charge in [-0.3, -0.25) is 4.18 Å². The van der Waals surface area contributed by atoms with Crippen molar-refractivity contribution < 1.29 is 36.7 Å². The first-order valence-corrected chi connectivity index (χ1v) is 13.0. The van der Waals surface area contributed by atoms with E-state index in [1.165, 1.54) is 12.1 Å². The van der Waals surface area contributed by atoms with E-state index in [0.29, 0.717) is 13.2 Å². The van der Waals surface area contributed by atoms with Crippen molar-refractivity contribution in [3.63, 3.8) is 0 Å². The summed E-state index contributed by atoms with van der Waals surface area (Å²) in [5.74, 6) is 0. The molecule has 5 atom stereocenters. The van der Waals surface area contributed by atoms with Gasteiger partial charge in [-0.1, -0.05) is 50.5 Å². The van der Waals surface area contributed by atoms with Gasteiger partial charge in [0.15, 0.2) is 6.29 Å². The van der Waals surface area contributed by atoms with Crippen molar-refractivity contribution in [2.45, 2.75) is 82.1 Å². The third kappa shape index (κ3) is 8.43. The van der Waals surface area contributed by atoms with Crippen LogP contribution < -0.4 is 0 Å². The van der Waals surface area contributed by atoms with Gasteiger partial charge in [-0.05, 0) is 31.9 Å². The second-order valence-electron chi connectivity index (χ2n) is 8.09. The lowest BCUT2D eigenvalue weighted by molar-refractivity contribution is -0.313. The maximum absolute atomic E-state index is 12.6. The zero-order valence-corrected chi connectivity index (χ0v) is 20.7. The van der Waals surface area contributed by atoms with E-state index in [-0.39, 0.29) is 18.1 Å². The Hall–Kier alpha value is -1.33. The normalized spacial score (nSPS) is 25.8. The summed E-state index contributed by atoms with van der Waals surface area (Å²) >= 11 is 0. The van der Waals surface area contributed by atoms with Crippen LogP contribution in [-0.4, -0.2) is 70.7 Å². The predicted octanol–water partition coefficient (Wildman–Crippen LogP) is 3.36. The molecule has 0 spiro atoms. The Bertz CT molecular complexity index is 795. The maximum Gasteiger partial charge on any atom is 0.297 e. The highest BCUT2D eigenvalue weighted by Crippen LogP contribution is 2.28. The molecule has 1 N–H and O–H groups in total. The molecule has 0 saturated carbocycles. The molecule has 2 rings (SSSR count). The van der Waals surface area contributed by atoms with E-state index in [2.05, 4.69) is 13.5 Å². The molecular formula is C24H38O8S. The highest BCUT2D eigenvalue weighted by molar-refractivity contribution is 7.86. The summed E-state index contributed by atoms with van der Waals surface area (Å²) in [5.41, 5.74) is 0.934. The van der Waals surface area contributed by atoms with Crippen LogP contribution in [0.25, 0.3) is 0 Å². The molecule has 0 aliphatic carbocycles. The summed E-state index contributed by atoms with van der Waals surface area (Å²) in [4.78, 5) is 0.0365. The average molecular weight is 487 g/mol. The van der Waals surface area contributed by atoms with Crippen LogP contribution in [0, 0.1) is 6.92 Å². The lowest BCUT2D eigenvalue weighted by Crippen LogP contribution is -2.61. The second kappa shape index (κ2) is 14.2. The maximum atomic E-state index is 12.6. The van der Waals surface area contributed by atoms with Gasteiger partial charge in [0.05, 0.1) is 18.1 Å². The lowest BCUT2D eigenvalue weighted by Gasteiger charge is -2.44. The van der Waals surface area contributed by atoms with Crippen molar-refractivity contribution in [3.05, 3.63) is 42.5 Å². The zero-order chi connectivity index (χ0) is 24.3. The van der Waals surface area contributed by atoms with Crippen LogP contribution in [0.4, 0.5) is 0 Å². The molecule has 33 heavy (non-hydrogen) atoms. The van der Waals surface area contributed by atoms with Crippen molar-refractivity contribution >= 4 is 10.1 Å². The number of aliphatic hydroxyl groups is 1. The Morgan fingerprint density at radius 2 is 1.64 bits per heavy atom. The summed E-state index contributed by atoms with van der Waals surface area (Å²) in [6.07, 6.45) is 0.658. The quantitative estimate of drug-likeness (QED) is 0.229. The molecule has 1 saturated heterocycles. The second-order valence-corrected chi connectivity index (χ2v) is 9.70. The largest absolute Gasteiger partial charge is 0.387 e. The molecule has 0 radical (unpaired) electrons. The molecular weight excluding hydrogens is 448 g/mol. The molecule has 1 heterocycles. The smallest absolute Gasteiger partial charge is 0.297 e. The van der Waals surface area contributed by atoms with E-state index in [9.17, 15) is 13.5 Å². The summed E-state index contributed by atoms with van der Waals surface area (Å²) in [7, 11) is -4.02. The monoisotopic (exact) mass is 486 g/mol. The number of hydrogen-bond donors (Lipinski definition) is 1. The zero-order valence-electron chi connectivity index (χ0n) is 19.9. The van der Waals surface area contributed by atoms with Crippen LogP contribution >= 0.6 is 0 Å². The van der Waals surface area contributed by atoms with Crippen LogP contribution in [0.1, 0.15) is 45.1 Å². The molecule has 9 heteroatoms. The molecule has 1 aliphatic heterocycles. The number of benzene rings is 1. The predicted molar refractivity (Wildman–Crippen MR) is 124 cm³/mol. The first-order chi connectivity index (χ1) is 15.8. The molecule has 1 fully saturated rings. The topological polar surface area (TPSA) is 101 Å². The van der Waals surface area contributed by atoms with Gasteiger partial charge in [0, 0.05) is 13.2 Å². The summed E-state index contributed by atoms with van der Waals surface area (Å²) in [5, 5.41) is 11.0. The Kier molecular flexibility index (Phi) is 12.0. The minimum absolute atomic E-state index is 0.0365. The molecule has 5 unspecified atom stereocenters. The Balaban J connectivity index is 2.17. The summed E-state index contributed by atoms with van der Waals surface area (Å²) < 4.78 is 54.1. The van der Waals surface area contributed by atoms with Crippen LogP contribution in [-0.2, 0) is 33.2 Å². The fourth-order valence-electron chi connectivity index (χ4n) is 3.35. The van der Waals surface area contributed by atoms with E-state index in [1.807, 2.05) is 13.8 Å². The fourth-order valence-corrected chi connectivity index (χ4v) is 4.27. The standard InChI is InChI=1S/C24H38O8S/c1-5-8-15-28-22-21(25)20(17-31-33(26,27)19-12-10-18(4)11-13-19)32-24(30-14-7-3)23(22)29-16-9-6-2/h7,10-13,20-25H,3,5-6,8-9,14-17H2,1-2,4H3. The van der Waals surface area contributed by atoms with Gasteiger partial charge in [-0.25, -0.2) is 0 Å². The van der Waals surface area contributed by atoms with Gasteiger partial charge in [0.1, 0.15) is 24.4 Å². The molecule has 0 amide bonds. The van der Waals surface area contributed by atoms with Crippen molar-refractivity contribution in [2.24, 2.45) is 0 Å². The van der Waals surface area contributed by atoms with Crippen molar-refractivity contribution in [1.82, 2.24) is 0 Å². The van der Waals surface area contributed by atoms with Crippen LogP contribution in [0.3, 0.4) is 0 Å². The molecule has 1 aromatic rings. The number of aryl methyl sites for hydroxylation is 1. The lowest BCUT2D eigenvalue weighted by atomic mass is 9.98. The molecule has 8 nitrogen and oxygen atoms in total. The van der Waals surface area contributed by atoms with Crippen molar-refractivity contribution in [2.75, 3.05) is 26.4 Å². The number of rotatable bonds is 15. The number of aliphatic hydroxyl groups excluding tert-OH is 1. The number of unbranched alkanes of at least 4 members (excludes halogenated alkanes) is 2. The van der Waals surface area contributed by atoms with Crippen molar-refractivity contribution in [1.29, 1.82) is 0 Å². The summed E-state index contributed by atoms with van der Waals surface area (Å²) in [6.45, 7) is 10.3. The van der Waals surface area contributed by atoms with Crippen LogP contribution in [0.2, 0.25) is 0 Å². The average Bonchev–Trinajstić information content (AvgIpc) is 2.79. The third-order valence-corrected chi connectivity index (χ3v) is 6.61.